The summed E-state index contributed by atoms with van der Waals surface area (Å²) in [6.45, 7) is 2.18. The van der Waals surface area contributed by atoms with Gasteiger partial charge in [0.1, 0.15) is 5.82 Å². The van der Waals surface area contributed by atoms with E-state index in [1.807, 2.05) is 19.1 Å². The Labute approximate surface area is 122 Å². The van der Waals surface area contributed by atoms with Crippen molar-refractivity contribution < 1.29 is 4.79 Å². The predicted octanol–water partition coefficient (Wildman–Crippen LogP) is 2.44. The molecule has 0 aliphatic carbocycles. The first kappa shape index (κ1) is 14.3. The zero-order chi connectivity index (χ0) is 14.5. The Morgan fingerprint density at radius 3 is 2.95 bits per heavy atom. The highest BCUT2D eigenvalue weighted by Crippen LogP contribution is 2.12. The van der Waals surface area contributed by atoms with Crippen LogP contribution in [-0.4, -0.2) is 33.0 Å². The van der Waals surface area contributed by atoms with Crippen molar-refractivity contribution in [2.45, 2.75) is 13.5 Å². The fourth-order valence-corrected chi connectivity index (χ4v) is 1.85. The number of likely N-dealkylation sites (N-methyl/N-ethyl adjacent to an activating group) is 1. The first-order chi connectivity index (χ1) is 9.54. The molecule has 104 valence electrons. The molecule has 0 spiro atoms. The van der Waals surface area contributed by atoms with Crippen molar-refractivity contribution in [2.24, 2.45) is 0 Å². The van der Waals surface area contributed by atoms with Crippen LogP contribution in [0.25, 0.3) is 6.08 Å². The van der Waals surface area contributed by atoms with Gasteiger partial charge >= 0.3 is 0 Å². The lowest BCUT2D eigenvalue weighted by Crippen LogP contribution is -2.24. The van der Waals surface area contributed by atoms with Gasteiger partial charge < -0.3 is 4.90 Å². The Morgan fingerprint density at radius 2 is 2.30 bits per heavy atom. The van der Waals surface area contributed by atoms with E-state index in [0.717, 1.165) is 11.4 Å². The summed E-state index contributed by atoms with van der Waals surface area (Å²) in [6.07, 6.45) is 3.24. The largest absolute Gasteiger partial charge is 0.335 e. The van der Waals surface area contributed by atoms with Gasteiger partial charge in [0.05, 0.1) is 6.54 Å². The van der Waals surface area contributed by atoms with Crippen molar-refractivity contribution in [3.05, 3.63) is 52.6 Å². The van der Waals surface area contributed by atoms with Gasteiger partial charge in [0.2, 0.25) is 5.91 Å². The number of aromatic amines is 1. The number of aryl methyl sites for hydroxylation is 1. The van der Waals surface area contributed by atoms with E-state index in [1.54, 1.807) is 30.2 Å². The second kappa shape index (κ2) is 6.34. The topological polar surface area (TPSA) is 61.9 Å². The smallest absolute Gasteiger partial charge is 0.246 e. The van der Waals surface area contributed by atoms with Crippen LogP contribution in [0.2, 0.25) is 5.02 Å². The summed E-state index contributed by atoms with van der Waals surface area (Å²) in [5, 5.41) is 7.38. The summed E-state index contributed by atoms with van der Waals surface area (Å²) >= 11 is 5.88. The van der Waals surface area contributed by atoms with Gasteiger partial charge in [-0.25, -0.2) is 4.98 Å². The molecule has 0 radical (unpaired) electrons. The number of halogens is 1. The summed E-state index contributed by atoms with van der Waals surface area (Å²) in [5.74, 6) is 1.21. The molecule has 1 amide bonds. The molecular weight excluding hydrogens is 276 g/mol. The number of carbonyl (C=O) groups excluding carboxylic acids is 1. The summed E-state index contributed by atoms with van der Waals surface area (Å²) in [6, 6.07) is 7.31. The van der Waals surface area contributed by atoms with E-state index >= 15 is 0 Å². The third kappa shape index (κ3) is 3.93. The van der Waals surface area contributed by atoms with E-state index in [1.165, 1.54) is 6.08 Å². The van der Waals surface area contributed by atoms with Crippen LogP contribution >= 0.6 is 11.6 Å². The van der Waals surface area contributed by atoms with Crippen LogP contribution in [-0.2, 0) is 11.3 Å². The Hall–Kier alpha value is -2.14. The van der Waals surface area contributed by atoms with Crippen molar-refractivity contribution in [1.29, 1.82) is 0 Å². The highest BCUT2D eigenvalue weighted by Gasteiger charge is 2.08. The van der Waals surface area contributed by atoms with Crippen LogP contribution in [0.3, 0.4) is 0 Å². The lowest BCUT2D eigenvalue weighted by atomic mass is 10.2. The monoisotopic (exact) mass is 290 g/mol. The van der Waals surface area contributed by atoms with Gasteiger partial charge in [-0.15, -0.1) is 0 Å². The minimum atomic E-state index is -0.118. The lowest BCUT2D eigenvalue weighted by Gasteiger charge is -2.12. The molecule has 0 saturated carbocycles. The first-order valence-electron chi connectivity index (χ1n) is 6.11. The molecule has 0 unspecified atom stereocenters. The first-order valence-corrected chi connectivity index (χ1v) is 6.49. The van der Waals surface area contributed by atoms with E-state index in [-0.39, 0.29) is 5.91 Å². The molecule has 20 heavy (non-hydrogen) atoms. The molecular formula is C14H15ClN4O. The van der Waals surface area contributed by atoms with Crippen LogP contribution in [0.4, 0.5) is 0 Å². The number of nitrogens with zero attached hydrogens (tertiary/aromatic N) is 3. The van der Waals surface area contributed by atoms with E-state index in [4.69, 9.17) is 11.6 Å². The molecule has 0 atom stereocenters. The molecule has 0 fully saturated rings. The maximum atomic E-state index is 12.0. The minimum absolute atomic E-state index is 0.118. The Morgan fingerprint density at radius 1 is 1.50 bits per heavy atom. The molecule has 1 heterocycles. The number of H-pyrrole nitrogens is 1. The van der Waals surface area contributed by atoms with Crippen molar-refractivity contribution in [3.63, 3.8) is 0 Å². The molecule has 2 aromatic rings. The van der Waals surface area contributed by atoms with Gasteiger partial charge in [0, 0.05) is 18.1 Å². The third-order valence-corrected chi connectivity index (χ3v) is 2.90. The average Bonchev–Trinajstić information content (AvgIpc) is 2.81. The predicted molar refractivity (Wildman–Crippen MR) is 78.1 cm³/mol. The third-order valence-electron chi connectivity index (χ3n) is 2.67. The van der Waals surface area contributed by atoms with Gasteiger partial charge in [-0.1, -0.05) is 23.7 Å². The quantitative estimate of drug-likeness (QED) is 0.880. The number of hydrogen-bond acceptors (Lipinski definition) is 3. The van der Waals surface area contributed by atoms with E-state index in [0.29, 0.717) is 17.4 Å². The highest BCUT2D eigenvalue weighted by atomic mass is 35.5. The summed E-state index contributed by atoms with van der Waals surface area (Å²) in [7, 11) is 1.70. The van der Waals surface area contributed by atoms with Gasteiger partial charge in [-0.05, 0) is 30.7 Å². The second-order valence-corrected chi connectivity index (χ2v) is 4.86. The second-order valence-electron chi connectivity index (χ2n) is 4.42. The number of rotatable bonds is 4. The van der Waals surface area contributed by atoms with Gasteiger partial charge in [0.15, 0.2) is 5.82 Å². The molecule has 5 nitrogen and oxygen atoms in total. The maximum Gasteiger partial charge on any atom is 0.246 e. The normalized spacial score (nSPS) is 10.9. The highest BCUT2D eigenvalue weighted by molar-refractivity contribution is 6.30. The molecule has 0 aliphatic heterocycles. The molecule has 1 aromatic carbocycles. The Bertz CT molecular complexity index is 636. The molecule has 0 saturated heterocycles. The standard InChI is InChI=1S/C14H15ClN4O/c1-10-16-13(18-17-10)9-19(2)14(20)7-6-11-4-3-5-12(15)8-11/h3-8H,9H2,1-2H3,(H,16,17,18). The minimum Gasteiger partial charge on any atom is -0.335 e. The number of nitrogens with one attached hydrogen (secondary N) is 1. The molecule has 6 heteroatoms. The molecule has 0 aliphatic rings. The van der Waals surface area contributed by atoms with Gasteiger partial charge in [-0.3, -0.25) is 9.89 Å². The SMILES string of the molecule is Cc1nc(CN(C)C(=O)C=Cc2cccc(Cl)c2)n[nH]1. The zero-order valence-corrected chi connectivity index (χ0v) is 12.1. The maximum absolute atomic E-state index is 12.0. The lowest BCUT2D eigenvalue weighted by molar-refractivity contribution is -0.125. The molecule has 0 bridgehead atoms. The Balaban J connectivity index is 1.97. The fraction of sp³-hybridized carbons (Fsp3) is 0.214. The van der Waals surface area contributed by atoms with E-state index < -0.39 is 0 Å². The number of benzene rings is 1. The molecule has 1 N–H and O–H groups in total. The number of carbonyl (C=O) groups is 1. The van der Waals surface area contributed by atoms with Crippen LogP contribution in [0.1, 0.15) is 17.2 Å². The average molecular weight is 291 g/mol. The van der Waals surface area contributed by atoms with Crippen LogP contribution < -0.4 is 0 Å². The summed E-state index contributed by atoms with van der Waals surface area (Å²) in [4.78, 5) is 17.7. The van der Waals surface area contributed by atoms with Gasteiger partial charge in [0.25, 0.3) is 0 Å². The molecule has 2 rings (SSSR count). The zero-order valence-electron chi connectivity index (χ0n) is 11.3. The Kier molecular flexibility index (Phi) is 4.53. The van der Waals surface area contributed by atoms with E-state index in [2.05, 4.69) is 15.2 Å². The van der Waals surface area contributed by atoms with Gasteiger partial charge in [-0.2, -0.15) is 5.10 Å². The molecule has 1 aromatic heterocycles. The van der Waals surface area contributed by atoms with Crippen LogP contribution in [0.5, 0.6) is 0 Å². The fourth-order valence-electron chi connectivity index (χ4n) is 1.65. The van der Waals surface area contributed by atoms with Crippen LogP contribution in [0, 0.1) is 6.92 Å². The van der Waals surface area contributed by atoms with Crippen molar-refractivity contribution in [3.8, 4) is 0 Å². The van der Waals surface area contributed by atoms with Crippen molar-refractivity contribution in [2.75, 3.05) is 7.05 Å². The summed E-state index contributed by atoms with van der Waals surface area (Å²) < 4.78 is 0. The van der Waals surface area contributed by atoms with E-state index in [9.17, 15) is 4.79 Å². The van der Waals surface area contributed by atoms with Crippen molar-refractivity contribution in [1.82, 2.24) is 20.1 Å². The summed E-state index contributed by atoms with van der Waals surface area (Å²) in [5.41, 5.74) is 0.882. The number of aromatic nitrogens is 3. The number of amides is 1. The van der Waals surface area contributed by atoms with Crippen molar-refractivity contribution >= 4 is 23.6 Å². The number of hydrogen-bond donors (Lipinski definition) is 1. The van der Waals surface area contributed by atoms with Crippen LogP contribution in [0.15, 0.2) is 30.3 Å².